The maximum absolute atomic E-state index is 14.0. The van der Waals surface area contributed by atoms with Crippen molar-refractivity contribution in [1.82, 2.24) is 19.5 Å². The molecule has 130 valence electrons. The van der Waals surface area contributed by atoms with E-state index in [1.165, 1.54) is 30.6 Å². The predicted octanol–water partition coefficient (Wildman–Crippen LogP) is 3.42. The zero-order valence-corrected chi connectivity index (χ0v) is 13.8. The van der Waals surface area contributed by atoms with Crippen LogP contribution in [0.3, 0.4) is 0 Å². The number of rotatable bonds is 3. The molecule has 0 bridgehead atoms. The van der Waals surface area contributed by atoms with Gasteiger partial charge in [0.1, 0.15) is 17.5 Å². The summed E-state index contributed by atoms with van der Waals surface area (Å²) in [4.78, 5) is 23.6. The quantitative estimate of drug-likeness (QED) is 0.614. The number of nitrogens with zero attached hydrogens (tertiary/aromatic N) is 3. The van der Waals surface area contributed by atoms with Crippen molar-refractivity contribution in [3.8, 4) is 11.4 Å². The Kier molecular flexibility index (Phi) is 3.84. The van der Waals surface area contributed by atoms with Gasteiger partial charge in [-0.2, -0.15) is 0 Å². The Bertz CT molecular complexity index is 1180. The second-order valence-electron chi connectivity index (χ2n) is 6.01. The van der Waals surface area contributed by atoms with Gasteiger partial charge in [-0.15, -0.1) is 0 Å². The van der Waals surface area contributed by atoms with Gasteiger partial charge < -0.3 is 9.55 Å². The summed E-state index contributed by atoms with van der Waals surface area (Å²) in [5, 5.41) is 0. The van der Waals surface area contributed by atoms with E-state index in [0.29, 0.717) is 0 Å². The molecular weight excluding hydrogens is 338 g/mol. The van der Waals surface area contributed by atoms with Gasteiger partial charge in [-0.25, -0.2) is 18.7 Å². The lowest BCUT2D eigenvalue weighted by Gasteiger charge is -2.08. The lowest BCUT2D eigenvalue weighted by atomic mass is 10.1. The minimum absolute atomic E-state index is 0.118. The fourth-order valence-corrected chi connectivity index (χ4v) is 2.88. The maximum Gasteiger partial charge on any atom is 0.277 e. The molecule has 2 aromatic carbocycles. The Morgan fingerprint density at radius 3 is 2.77 bits per heavy atom. The summed E-state index contributed by atoms with van der Waals surface area (Å²) in [6.07, 6.45) is 1.47. The molecule has 4 rings (SSSR count). The normalized spacial score (nSPS) is 11.2. The van der Waals surface area contributed by atoms with Crippen molar-refractivity contribution in [3.05, 3.63) is 81.9 Å². The Morgan fingerprint density at radius 1 is 1.15 bits per heavy atom. The summed E-state index contributed by atoms with van der Waals surface area (Å²) >= 11 is 0. The van der Waals surface area contributed by atoms with Crippen molar-refractivity contribution in [2.24, 2.45) is 0 Å². The molecule has 0 atom stereocenters. The first kappa shape index (κ1) is 16.1. The summed E-state index contributed by atoms with van der Waals surface area (Å²) in [7, 11) is 0. The highest BCUT2D eigenvalue weighted by atomic mass is 19.1. The molecule has 0 aliphatic carbocycles. The monoisotopic (exact) mass is 352 g/mol. The van der Waals surface area contributed by atoms with E-state index in [-0.39, 0.29) is 34.9 Å². The van der Waals surface area contributed by atoms with Crippen LogP contribution in [0.15, 0.2) is 53.6 Å². The Morgan fingerprint density at radius 2 is 1.96 bits per heavy atom. The summed E-state index contributed by atoms with van der Waals surface area (Å²) in [5.74, 6) is -0.707. The summed E-state index contributed by atoms with van der Waals surface area (Å²) in [6, 6.07) is 10.6. The predicted molar refractivity (Wildman–Crippen MR) is 93.8 cm³/mol. The van der Waals surface area contributed by atoms with Gasteiger partial charge in [-0.1, -0.05) is 18.2 Å². The molecule has 0 saturated carbocycles. The van der Waals surface area contributed by atoms with E-state index < -0.39 is 11.4 Å². The second-order valence-corrected chi connectivity index (χ2v) is 6.01. The molecule has 0 fully saturated rings. The number of imidazole rings is 1. The molecule has 2 aromatic heterocycles. The van der Waals surface area contributed by atoms with Crippen LogP contribution < -0.4 is 5.56 Å². The number of H-pyrrole nitrogens is 1. The first-order chi connectivity index (χ1) is 12.5. The van der Waals surface area contributed by atoms with Gasteiger partial charge in [0, 0.05) is 6.54 Å². The minimum atomic E-state index is -0.482. The highest BCUT2D eigenvalue weighted by Gasteiger charge is 2.14. The van der Waals surface area contributed by atoms with Crippen molar-refractivity contribution >= 4 is 11.2 Å². The molecule has 0 saturated heterocycles. The third-order valence-electron chi connectivity index (χ3n) is 4.26. The maximum atomic E-state index is 14.0. The van der Waals surface area contributed by atoms with E-state index in [1.807, 2.05) is 6.92 Å². The average molecular weight is 352 g/mol. The van der Waals surface area contributed by atoms with E-state index >= 15 is 0 Å². The first-order valence-electron chi connectivity index (χ1n) is 7.98. The number of fused-ring (bicyclic) bond motifs is 1. The van der Waals surface area contributed by atoms with Crippen LogP contribution in [0.2, 0.25) is 0 Å². The largest absolute Gasteiger partial charge is 0.320 e. The van der Waals surface area contributed by atoms with Gasteiger partial charge in [0.25, 0.3) is 5.56 Å². The number of nitrogens with one attached hydrogen (secondary N) is 1. The van der Waals surface area contributed by atoms with E-state index in [1.54, 1.807) is 22.8 Å². The second kappa shape index (κ2) is 6.18. The lowest BCUT2D eigenvalue weighted by molar-refractivity contribution is 0.623. The summed E-state index contributed by atoms with van der Waals surface area (Å²) in [5.41, 5.74) is 1.87. The molecule has 1 N–H and O–H groups in total. The zero-order valence-electron chi connectivity index (χ0n) is 13.8. The van der Waals surface area contributed by atoms with Gasteiger partial charge in [0.05, 0.1) is 11.9 Å². The van der Waals surface area contributed by atoms with Crippen LogP contribution in [0.25, 0.3) is 22.6 Å². The molecule has 4 aromatic rings. The molecule has 0 radical (unpaired) electrons. The van der Waals surface area contributed by atoms with Crippen molar-refractivity contribution < 1.29 is 8.78 Å². The molecule has 0 aliphatic heterocycles. The fourth-order valence-electron chi connectivity index (χ4n) is 2.88. The molecule has 5 nitrogen and oxygen atoms in total. The van der Waals surface area contributed by atoms with E-state index in [4.69, 9.17) is 0 Å². The average Bonchev–Trinajstić information content (AvgIpc) is 3.02. The molecule has 0 unspecified atom stereocenters. The zero-order chi connectivity index (χ0) is 18.3. The Labute approximate surface area is 147 Å². The van der Waals surface area contributed by atoms with Crippen LogP contribution in [0, 0.1) is 18.6 Å². The highest BCUT2D eigenvalue weighted by molar-refractivity contribution is 5.73. The van der Waals surface area contributed by atoms with Crippen LogP contribution in [-0.2, 0) is 6.54 Å². The highest BCUT2D eigenvalue weighted by Crippen LogP contribution is 2.20. The number of aryl methyl sites for hydroxylation is 1. The van der Waals surface area contributed by atoms with Gasteiger partial charge >= 0.3 is 0 Å². The standard InChI is InChI=1S/C19H14F2N4O/c1-11-6-7-13(20)8-12(11)9-25-10-22-18-16(25)19(26)24-17(23-18)14-4-2-3-5-15(14)21/h2-8,10H,9H2,1H3,(H,23,24,26). The first-order valence-corrected chi connectivity index (χ1v) is 7.98. The van der Waals surface area contributed by atoms with Crippen LogP contribution in [-0.4, -0.2) is 19.5 Å². The number of aromatic amines is 1. The smallest absolute Gasteiger partial charge is 0.277 e. The van der Waals surface area contributed by atoms with Gasteiger partial charge in [-0.05, 0) is 42.3 Å². The molecule has 7 heteroatoms. The van der Waals surface area contributed by atoms with Gasteiger partial charge in [-0.3, -0.25) is 4.79 Å². The van der Waals surface area contributed by atoms with Crippen molar-refractivity contribution in [3.63, 3.8) is 0 Å². The number of hydrogen-bond acceptors (Lipinski definition) is 3. The van der Waals surface area contributed by atoms with Crippen LogP contribution in [0.4, 0.5) is 8.78 Å². The van der Waals surface area contributed by atoms with E-state index in [0.717, 1.165) is 11.1 Å². The molecule has 0 amide bonds. The third kappa shape index (κ3) is 2.77. The lowest BCUT2D eigenvalue weighted by Crippen LogP contribution is -2.14. The minimum Gasteiger partial charge on any atom is -0.320 e. The summed E-state index contributed by atoms with van der Waals surface area (Å²) in [6.45, 7) is 2.15. The SMILES string of the molecule is Cc1ccc(F)cc1Cn1cnc2nc(-c3ccccc3F)[nH]c(=O)c21. The van der Waals surface area contributed by atoms with E-state index in [9.17, 15) is 13.6 Å². The Balaban J connectivity index is 1.81. The van der Waals surface area contributed by atoms with Crippen LogP contribution in [0.5, 0.6) is 0 Å². The molecule has 0 aliphatic rings. The van der Waals surface area contributed by atoms with Crippen molar-refractivity contribution in [2.45, 2.75) is 13.5 Å². The molecule has 2 heterocycles. The number of hydrogen-bond donors (Lipinski definition) is 1. The van der Waals surface area contributed by atoms with Crippen LogP contribution >= 0.6 is 0 Å². The number of aromatic nitrogens is 4. The van der Waals surface area contributed by atoms with Gasteiger partial charge in [0.2, 0.25) is 0 Å². The molecule has 0 spiro atoms. The Hall–Kier alpha value is -3.35. The van der Waals surface area contributed by atoms with Gasteiger partial charge in [0.15, 0.2) is 11.2 Å². The van der Waals surface area contributed by atoms with Crippen molar-refractivity contribution in [1.29, 1.82) is 0 Å². The molecule has 26 heavy (non-hydrogen) atoms. The topological polar surface area (TPSA) is 63.6 Å². The van der Waals surface area contributed by atoms with Crippen LogP contribution in [0.1, 0.15) is 11.1 Å². The third-order valence-corrected chi connectivity index (χ3v) is 4.26. The van der Waals surface area contributed by atoms with Crippen molar-refractivity contribution in [2.75, 3.05) is 0 Å². The summed E-state index contributed by atoms with van der Waals surface area (Å²) < 4.78 is 29.1. The number of halogens is 2. The fraction of sp³-hybridized carbons (Fsp3) is 0.105. The number of benzene rings is 2. The van der Waals surface area contributed by atoms with E-state index in [2.05, 4.69) is 15.0 Å². The molecular formula is C19H14F2N4O.